The van der Waals surface area contributed by atoms with E-state index < -0.39 is 0 Å². The first-order valence-corrected chi connectivity index (χ1v) is 6.96. The van der Waals surface area contributed by atoms with Gasteiger partial charge in [-0.1, -0.05) is 6.92 Å². The molecule has 0 aromatic carbocycles. The Labute approximate surface area is 102 Å². The van der Waals surface area contributed by atoms with Gasteiger partial charge in [-0.25, -0.2) is 0 Å². The van der Waals surface area contributed by atoms with Crippen LogP contribution in [-0.4, -0.2) is 29.0 Å². The molecule has 0 aliphatic carbocycles. The van der Waals surface area contributed by atoms with Crippen molar-refractivity contribution in [1.29, 1.82) is 0 Å². The minimum atomic E-state index is 0.462. The SMILES string of the molecule is CC1CCCN(C(C)c2cncs2)C1CN. The summed E-state index contributed by atoms with van der Waals surface area (Å²) >= 11 is 1.74. The van der Waals surface area contributed by atoms with Crippen LogP contribution in [-0.2, 0) is 0 Å². The second-order valence-electron chi connectivity index (χ2n) is 4.74. The van der Waals surface area contributed by atoms with E-state index in [2.05, 4.69) is 23.7 Å². The van der Waals surface area contributed by atoms with Crippen molar-refractivity contribution in [2.45, 2.75) is 38.8 Å². The Balaban J connectivity index is 2.12. The number of likely N-dealkylation sites (tertiary alicyclic amines) is 1. The third-order valence-electron chi connectivity index (χ3n) is 3.76. The average Bonchev–Trinajstić information content (AvgIpc) is 2.81. The molecule has 1 saturated heterocycles. The van der Waals surface area contributed by atoms with Crippen LogP contribution in [0.15, 0.2) is 11.7 Å². The molecule has 2 heterocycles. The summed E-state index contributed by atoms with van der Waals surface area (Å²) in [6.45, 7) is 6.53. The fourth-order valence-electron chi connectivity index (χ4n) is 2.72. The fraction of sp³-hybridized carbons (Fsp3) is 0.750. The number of aromatic nitrogens is 1. The highest BCUT2D eigenvalue weighted by Crippen LogP contribution is 2.32. The summed E-state index contributed by atoms with van der Waals surface area (Å²) < 4.78 is 0. The zero-order valence-corrected chi connectivity index (χ0v) is 10.9. The molecule has 2 N–H and O–H groups in total. The fourth-order valence-corrected chi connectivity index (χ4v) is 3.42. The lowest BCUT2D eigenvalue weighted by molar-refractivity contribution is 0.0703. The van der Waals surface area contributed by atoms with Crippen LogP contribution in [0.4, 0.5) is 0 Å². The molecular formula is C12H21N3S. The smallest absolute Gasteiger partial charge is 0.0794 e. The lowest BCUT2D eigenvalue weighted by Crippen LogP contribution is -2.49. The molecule has 4 heteroatoms. The van der Waals surface area contributed by atoms with Crippen LogP contribution in [0, 0.1) is 5.92 Å². The largest absolute Gasteiger partial charge is 0.329 e. The van der Waals surface area contributed by atoms with Gasteiger partial charge in [-0.05, 0) is 32.2 Å². The molecule has 16 heavy (non-hydrogen) atoms. The van der Waals surface area contributed by atoms with Gasteiger partial charge in [-0.2, -0.15) is 0 Å². The highest BCUT2D eigenvalue weighted by molar-refractivity contribution is 7.09. The van der Waals surface area contributed by atoms with Crippen LogP contribution in [0.3, 0.4) is 0 Å². The Morgan fingerprint density at radius 2 is 2.50 bits per heavy atom. The summed E-state index contributed by atoms with van der Waals surface area (Å²) in [6.07, 6.45) is 4.59. The van der Waals surface area contributed by atoms with E-state index in [-0.39, 0.29) is 0 Å². The normalized spacial score (nSPS) is 29.2. The first kappa shape index (κ1) is 12.0. The average molecular weight is 239 g/mol. The van der Waals surface area contributed by atoms with E-state index in [1.54, 1.807) is 11.3 Å². The van der Waals surface area contributed by atoms with Crippen molar-refractivity contribution in [2.75, 3.05) is 13.1 Å². The molecule has 0 spiro atoms. The highest BCUT2D eigenvalue weighted by atomic mass is 32.1. The molecule has 3 unspecified atom stereocenters. The van der Waals surface area contributed by atoms with Crippen LogP contribution in [0.5, 0.6) is 0 Å². The van der Waals surface area contributed by atoms with Crippen molar-refractivity contribution in [3.8, 4) is 0 Å². The van der Waals surface area contributed by atoms with E-state index in [0.29, 0.717) is 18.0 Å². The monoisotopic (exact) mass is 239 g/mol. The van der Waals surface area contributed by atoms with Crippen molar-refractivity contribution in [3.63, 3.8) is 0 Å². The minimum absolute atomic E-state index is 0.462. The Kier molecular flexibility index (Phi) is 3.95. The molecule has 3 atom stereocenters. The van der Waals surface area contributed by atoms with Gasteiger partial charge in [-0.15, -0.1) is 11.3 Å². The predicted octanol–water partition coefficient (Wildman–Crippen LogP) is 2.26. The molecule has 0 radical (unpaired) electrons. The van der Waals surface area contributed by atoms with E-state index >= 15 is 0 Å². The maximum atomic E-state index is 5.92. The second-order valence-corrected chi connectivity index (χ2v) is 5.66. The number of thiazole rings is 1. The van der Waals surface area contributed by atoms with Gasteiger partial charge in [-0.3, -0.25) is 9.88 Å². The van der Waals surface area contributed by atoms with Gasteiger partial charge < -0.3 is 5.73 Å². The number of piperidine rings is 1. The number of rotatable bonds is 3. The van der Waals surface area contributed by atoms with Crippen LogP contribution in [0.25, 0.3) is 0 Å². The number of hydrogen-bond donors (Lipinski definition) is 1. The van der Waals surface area contributed by atoms with Gasteiger partial charge >= 0.3 is 0 Å². The van der Waals surface area contributed by atoms with E-state index in [4.69, 9.17) is 5.73 Å². The van der Waals surface area contributed by atoms with Gasteiger partial charge in [0.1, 0.15) is 0 Å². The first-order valence-electron chi connectivity index (χ1n) is 6.08. The molecule has 3 nitrogen and oxygen atoms in total. The second kappa shape index (κ2) is 5.25. The van der Waals surface area contributed by atoms with Crippen LogP contribution >= 0.6 is 11.3 Å². The molecule has 2 rings (SSSR count). The minimum Gasteiger partial charge on any atom is -0.329 e. The molecule has 0 amide bonds. The molecule has 1 aliphatic rings. The van der Waals surface area contributed by atoms with E-state index in [0.717, 1.165) is 6.54 Å². The Bertz CT molecular complexity index is 312. The summed E-state index contributed by atoms with van der Waals surface area (Å²) in [5.74, 6) is 0.717. The topological polar surface area (TPSA) is 42.2 Å². The molecule has 90 valence electrons. The molecule has 1 fully saturated rings. The van der Waals surface area contributed by atoms with Crippen LogP contribution < -0.4 is 5.73 Å². The van der Waals surface area contributed by atoms with Crippen molar-refractivity contribution < 1.29 is 0 Å². The molecule has 1 aromatic heterocycles. The molecule has 1 aromatic rings. The molecular weight excluding hydrogens is 218 g/mol. The number of nitrogens with zero attached hydrogens (tertiary/aromatic N) is 2. The molecule has 1 aliphatic heterocycles. The Morgan fingerprint density at radius 3 is 3.12 bits per heavy atom. The van der Waals surface area contributed by atoms with Crippen molar-refractivity contribution >= 4 is 11.3 Å². The van der Waals surface area contributed by atoms with Crippen LogP contribution in [0.2, 0.25) is 0 Å². The molecule has 0 bridgehead atoms. The van der Waals surface area contributed by atoms with Crippen molar-refractivity contribution in [3.05, 3.63) is 16.6 Å². The quantitative estimate of drug-likeness (QED) is 0.880. The highest BCUT2D eigenvalue weighted by Gasteiger charge is 2.31. The summed E-state index contributed by atoms with van der Waals surface area (Å²) in [5.41, 5.74) is 7.83. The zero-order chi connectivity index (χ0) is 11.5. The van der Waals surface area contributed by atoms with E-state index in [1.165, 1.54) is 24.3 Å². The summed E-state index contributed by atoms with van der Waals surface area (Å²) in [4.78, 5) is 8.08. The van der Waals surface area contributed by atoms with Gasteiger partial charge in [0.15, 0.2) is 0 Å². The van der Waals surface area contributed by atoms with Crippen molar-refractivity contribution in [2.24, 2.45) is 11.7 Å². The van der Waals surface area contributed by atoms with Crippen molar-refractivity contribution in [1.82, 2.24) is 9.88 Å². The standard InChI is InChI=1S/C12H21N3S/c1-9-4-3-5-15(11(9)6-13)10(2)12-7-14-8-16-12/h7-11H,3-6,13H2,1-2H3. The number of nitrogens with two attached hydrogens (primary N) is 1. The Hall–Kier alpha value is -0.450. The zero-order valence-electron chi connectivity index (χ0n) is 10.1. The van der Waals surface area contributed by atoms with E-state index in [9.17, 15) is 0 Å². The van der Waals surface area contributed by atoms with Crippen LogP contribution in [0.1, 0.15) is 37.6 Å². The third kappa shape index (κ3) is 2.29. The number of hydrogen-bond acceptors (Lipinski definition) is 4. The van der Waals surface area contributed by atoms with Gasteiger partial charge in [0.2, 0.25) is 0 Å². The summed E-state index contributed by atoms with van der Waals surface area (Å²) in [5, 5.41) is 0. The molecule has 0 saturated carbocycles. The third-order valence-corrected chi connectivity index (χ3v) is 4.71. The maximum absolute atomic E-state index is 5.92. The lowest BCUT2D eigenvalue weighted by Gasteiger charge is -2.42. The predicted molar refractivity (Wildman–Crippen MR) is 68.5 cm³/mol. The van der Waals surface area contributed by atoms with Gasteiger partial charge in [0, 0.05) is 29.7 Å². The summed E-state index contributed by atoms with van der Waals surface area (Å²) in [7, 11) is 0. The Morgan fingerprint density at radius 1 is 1.69 bits per heavy atom. The van der Waals surface area contributed by atoms with Gasteiger partial charge in [0.25, 0.3) is 0 Å². The lowest BCUT2D eigenvalue weighted by atomic mass is 9.89. The van der Waals surface area contributed by atoms with Gasteiger partial charge in [0.05, 0.1) is 5.51 Å². The first-order chi connectivity index (χ1) is 7.74. The van der Waals surface area contributed by atoms with E-state index in [1.807, 2.05) is 11.7 Å². The maximum Gasteiger partial charge on any atom is 0.0794 e. The summed E-state index contributed by atoms with van der Waals surface area (Å²) in [6, 6.07) is 0.995.